The van der Waals surface area contributed by atoms with Crippen LogP contribution in [0.5, 0.6) is 0 Å². The van der Waals surface area contributed by atoms with Gasteiger partial charge in [-0.1, -0.05) is 11.6 Å². The van der Waals surface area contributed by atoms with Crippen LogP contribution in [0.25, 0.3) is 0 Å². The second-order valence-electron chi connectivity index (χ2n) is 3.94. The number of aromatic nitrogens is 1. The number of hydrogen-bond donors (Lipinski definition) is 2. The van der Waals surface area contributed by atoms with E-state index in [1.807, 2.05) is 6.07 Å². The first-order valence-electron chi connectivity index (χ1n) is 5.40. The predicted octanol–water partition coefficient (Wildman–Crippen LogP) is 4.25. The molecule has 0 saturated heterocycles. The fourth-order valence-electron chi connectivity index (χ4n) is 1.58. The molecule has 1 aromatic heterocycles. The monoisotopic (exact) mass is 340 g/mol. The zero-order chi connectivity index (χ0) is 14.0. The van der Waals surface area contributed by atoms with Crippen LogP contribution >= 0.6 is 27.5 Å². The Bertz CT molecular complexity index is 647. The van der Waals surface area contributed by atoms with Crippen LogP contribution in [-0.2, 0) is 0 Å². The number of nitrogens with one attached hydrogen (secondary N) is 1. The maximum absolute atomic E-state index is 11.0. The topological polar surface area (TPSA) is 62.2 Å². The maximum atomic E-state index is 11.0. The van der Waals surface area contributed by atoms with Gasteiger partial charge in [-0.25, -0.2) is 9.78 Å². The molecule has 0 saturated carbocycles. The molecule has 2 rings (SSSR count). The quantitative estimate of drug-likeness (QED) is 0.876. The molecule has 0 amide bonds. The smallest absolute Gasteiger partial charge is 0.335 e. The van der Waals surface area contributed by atoms with Gasteiger partial charge in [0.15, 0.2) is 0 Å². The third-order valence-electron chi connectivity index (χ3n) is 2.39. The Morgan fingerprint density at radius 2 is 2.11 bits per heavy atom. The van der Waals surface area contributed by atoms with Crippen LogP contribution in [0.2, 0.25) is 5.02 Å². The van der Waals surface area contributed by atoms with Crippen molar-refractivity contribution in [3.63, 3.8) is 0 Å². The van der Waals surface area contributed by atoms with Crippen molar-refractivity contribution in [2.75, 3.05) is 5.32 Å². The lowest BCUT2D eigenvalue weighted by atomic mass is 10.2. The van der Waals surface area contributed by atoms with Gasteiger partial charge in [0, 0.05) is 15.9 Å². The van der Waals surface area contributed by atoms with Gasteiger partial charge in [0.25, 0.3) is 0 Å². The lowest BCUT2D eigenvalue weighted by Crippen LogP contribution is -2.02. The summed E-state index contributed by atoms with van der Waals surface area (Å²) in [6.07, 6.45) is 0. The minimum Gasteiger partial charge on any atom is -0.478 e. The molecule has 0 radical (unpaired) electrons. The summed E-state index contributed by atoms with van der Waals surface area (Å²) in [5.74, 6) is -0.516. The van der Waals surface area contributed by atoms with E-state index >= 15 is 0 Å². The molecule has 19 heavy (non-hydrogen) atoms. The number of pyridine rings is 1. The fourth-order valence-corrected chi connectivity index (χ4v) is 2.00. The first kappa shape index (κ1) is 13.8. The third-order valence-corrected chi connectivity index (χ3v) is 3.62. The highest BCUT2D eigenvalue weighted by Crippen LogP contribution is 2.27. The van der Waals surface area contributed by atoms with Crippen molar-refractivity contribution in [3.8, 4) is 0 Å². The van der Waals surface area contributed by atoms with Gasteiger partial charge in [0.05, 0.1) is 10.6 Å². The van der Waals surface area contributed by atoms with E-state index in [0.717, 1.165) is 10.2 Å². The largest absolute Gasteiger partial charge is 0.478 e. The Kier molecular flexibility index (Phi) is 4.07. The van der Waals surface area contributed by atoms with Crippen LogP contribution in [0.15, 0.2) is 34.8 Å². The number of carboxylic acid groups (broad SMARTS) is 1. The molecule has 6 heteroatoms. The molecule has 1 aromatic carbocycles. The first-order valence-corrected chi connectivity index (χ1v) is 6.57. The third kappa shape index (κ3) is 3.45. The SMILES string of the molecule is Cc1cc(C(=O)O)cc(Nc2ccc(Br)c(Cl)c2)n1. The van der Waals surface area contributed by atoms with E-state index in [2.05, 4.69) is 26.2 Å². The molecule has 0 aliphatic heterocycles. The predicted molar refractivity (Wildman–Crippen MR) is 78.4 cm³/mol. The average Bonchev–Trinajstić information content (AvgIpc) is 2.33. The molecule has 0 aliphatic carbocycles. The van der Waals surface area contributed by atoms with Crippen molar-refractivity contribution in [2.24, 2.45) is 0 Å². The maximum Gasteiger partial charge on any atom is 0.335 e. The van der Waals surface area contributed by atoms with Gasteiger partial charge in [-0.2, -0.15) is 0 Å². The van der Waals surface area contributed by atoms with Gasteiger partial charge < -0.3 is 10.4 Å². The Labute approximate surface area is 123 Å². The second-order valence-corrected chi connectivity index (χ2v) is 5.20. The number of halogens is 2. The summed E-state index contributed by atoms with van der Waals surface area (Å²) < 4.78 is 0.795. The highest BCUT2D eigenvalue weighted by molar-refractivity contribution is 9.10. The van der Waals surface area contributed by atoms with E-state index in [0.29, 0.717) is 16.5 Å². The van der Waals surface area contributed by atoms with E-state index in [1.165, 1.54) is 12.1 Å². The summed E-state index contributed by atoms with van der Waals surface area (Å²) in [6.45, 7) is 1.74. The summed E-state index contributed by atoms with van der Waals surface area (Å²) in [4.78, 5) is 15.2. The number of aromatic carboxylic acids is 1. The van der Waals surface area contributed by atoms with E-state index in [9.17, 15) is 4.79 Å². The van der Waals surface area contributed by atoms with Gasteiger partial charge in [-0.05, 0) is 53.2 Å². The summed E-state index contributed by atoms with van der Waals surface area (Å²) >= 11 is 9.30. The van der Waals surface area contributed by atoms with E-state index in [-0.39, 0.29) is 5.56 Å². The fraction of sp³-hybridized carbons (Fsp3) is 0.0769. The van der Waals surface area contributed by atoms with E-state index in [1.54, 1.807) is 19.1 Å². The highest BCUT2D eigenvalue weighted by Gasteiger charge is 2.07. The van der Waals surface area contributed by atoms with Crippen molar-refractivity contribution in [1.82, 2.24) is 4.98 Å². The van der Waals surface area contributed by atoms with Crippen molar-refractivity contribution >= 4 is 45.0 Å². The molecule has 0 unspecified atom stereocenters. The van der Waals surface area contributed by atoms with E-state index < -0.39 is 5.97 Å². The summed E-state index contributed by atoms with van der Waals surface area (Å²) in [5, 5.41) is 12.6. The molecule has 1 heterocycles. The number of hydrogen-bond acceptors (Lipinski definition) is 3. The normalized spacial score (nSPS) is 10.3. The van der Waals surface area contributed by atoms with Gasteiger partial charge >= 0.3 is 5.97 Å². The molecule has 0 fully saturated rings. The number of anilines is 2. The number of carboxylic acids is 1. The van der Waals surface area contributed by atoms with Crippen LogP contribution in [0.3, 0.4) is 0 Å². The van der Waals surface area contributed by atoms with Gasteiger partial charge in [-0.15, -0.1) is 0 Å². The highest BCUT2D eigenvalue weighted by atomic mass is 79.9. The van der Waals surface area contributed by atoms with Crippen LogP contribution < -0.4 is 5.32 Å². The van der Waals surface area contributed by atoms with Crippen LogP contribution in [-0.4, -0.2) is 16.1 Å². The standard InChI is InChI=1S/C13H10BrClN2O2/c1-7-4-8(13(18)19)5-12(16-7)17-9-2-3-10(14)11(15)6-9/h2-6H,1H3,(H,16,17)(H,18,19). The molecule has 0 atom stereocenters. The zero-order valence-electron chi connectivity index (χ0n) is 9.95. The Morgan fingerprint density at radius 1 is 1.37 bits per heavy atom. The van der Waals surface area contributed by atoms with Crippen molar-refractivity contribution in [1.29, 1.82) is 0 Å². The minimum atomic E-state index is -0.984. The number of nitrogens with zero attached hydrogens (tertiary/aromatic N) is 1. The number of aryl methyl sites for hydroxylation is 1. The Hall–Kier alpha value is -1.59. The van der Waals surface area contributed by atoms with Crippen LogP contribution in [0.4, 0.5) is 11.5 Å². The van der Waals surface area contributed by atoms with Crippen LogP contribution in [0.1, 0.15) is 16.1 Å². The molecule has 98 valence electrons. The summed E-state index contributed by atoms with van der Waals surface area (Å²) in [7, 11) is 0. The zero-order valence-corrected chi connectivity index (χ0v) is 12.3. The molecule has 0 aliphatic rings. The number of rotatable bonds is 3. The van der Waals surface area contributed by atoms with E-state index in [4.69, 9.17) is 16.7 Å². The Balaban J connectivity index is 2.32. The molecular formula is C13H10BrClN2O2. The molecule has 2 N–H and O–H groups in total. The second kappa shape index (κ2) is 5.59. The Morgan fingerprint density at radius 3 is 2.74 bits per heavy atom. The van der Waals surface area contributed by atoms with Crippen molar-refractivity contribution in [3.05, 3.63) is 51.1 Å². The lowest BCUT2D eigenvalue weighted by Gasteiger charge is -2.08. The molecular weight excluding hydrogens is 332 g/mol. The van der Waals surface area contributed by atoms with Gasteiger partial charge in [-0.3, -0.25) is 0 Å². The molecule has 4 nitrogen and oxygen atoms in total. The van der Waals surface area contributed by atoms with Crippen molar-refractivity contribution < 1.29 is 9.90 Å². The minimum absolute atomic E-state index is 0.193. The van der Waals surface area contributed by atoms with Crippen LogP contribution in [0, 0.1) is 6.92 Å². The number of benzene rings is 1. The molecule has 0 bridgehead atoms. The average molecular weight is 342 g/mol. The number of carbonyl (C=O) groups is 1. The first-order chi connectivity index (χ1) is 8.95. The van der Waals surface area contributed by atoms with Crippen molar-refractivity contribution in [2.45, 2.75) is 6.92 Å². The summed E-state index contributed by atoms with van der Waals surface area (Å²) in [6, 6.07) is 8.35. The summed E-state index contributed by atoms with van der Waals surface area (Å²) in [5.41, 5.74) is 1.56. The van der Waals surface area contributed by atoms with Gasteiger partial charge in [0.2, 0.25) is 0 Å². The van der Waals surface area contributed by atoms with Gasteiger partial charge in [0.1, 0.15) is 5.82 Å². The molecule has 2 aromatic rings. The lowest BCUT2D eigenvalue weighted by molar-refractivity contribution is 0.0696. The molecule has 0 spiro atoms.